The molecule has 0 heterocycles. The van der Waals surface area contributed by atoms with Crippen LogP contribution in [0.2, 0.25) is 13.1 Å². The lowest BCUT2D eigenvalue weighted by Crippen LogP contribution is -2.48. The third-order valence-electron chi connectivity index (χ3n) is 4.21. The average molecular weight is 515 g/mol. The maximum Gasteiger partial charge on any atom is 0.354 e. The largest absolute Gasteiger partial charge is 0.490 e. The highest BCUT2D eigenvalue weighted by atomic mass is 29.2. The number of benzene rings is 1. The van der Waals surface area contributed by atoms with E-state index in [4.69, 9.17) is 26.9 Å². The number of carbonyl (C=O) groups is 2. The van der Waals surface area contributed by atoms with Crippen LogP contribution in [0, 0.1) is 0 Å². The van der Waals surface area contributed by atoms with Crippen molar-refractivity contribution in [3.8, 4) is 5.75 Å². The quantitative estimate of drug-likeness (QED) is 0.117. The summed E-state index contributed by atoms with van der Waals surface area (Å²) in [6.07, 6.45) is 3.36. The minimum Gasteiger partial charge on any atom is -0.490 e. The minimum absolute atomic E-state index is 0.148. The second-order valence-corrected chi connectivity index (χ2v) is 18.4. The van der Waals surface area contributed by atoms with E-state index < -0.39 is 38.3 Å². The van der Waals surface area contributed by atoms with Crippen molar-refractivity contribution in [2.45, 2.75) is 26.9 Å². The van der Waals surface area contributed by atoms with E-state index in [9.17, 15) is 9.59 Å². The number of hydrogen-bond acceptors (Lipinski definition) is 8. The molecule has 1 aromatic carbocycles. The fourth-order valence-corrected chi connectivity index (χ4v) is 14.5. The molecule has 0 bridgehead atoms. The summed E-state index contributed by atoms with van der Waals surface area (Å²) in [5.74, 6) is -0.771. The number of hydrogen-bond donors (Lipinski definition) is 0. The molecule has 0 fully saturated rings. The first-order chi connectivity index (χ1) is 15.3. The molecule has 32 heavy (non-hydrogen) atoms. The molecule has 1 aromatic rings. The van der Waals surface area contributed by atoms with Crippen molar-refractivity contribution in [1.82, 2.24) is 0 Å². The molecule has 1 rings (SSSR count). The highest BCUT2D eigenvalue weighted by molar-refractivity contribution is 7.20. The van der Waals surface area contributed by atoms with Gasteiger partial charge in [0.1, 0.15) is 28.4 Å². The van der Waals surface area contributed by atoms with Gasteiger partial charge in [-0.05, 0) is 56.4 Å². The van der Waals surface area contributed by atoms with Crippen LogP contribution in [-0.2, 0) is 31.7 Å². The predicted molar refractivity (Wildman–Crippen MR) is 135 cm³/mol. The fourth-order valence-electron chi connectivity index (χ4n) is 2.49. The number of carbonyl (C=O) groups excluding carboxylic acids is 2. The molecule has 0 spiro atoms. The van der Waals surface area contributed by atoms with Crippen LogP contribution in [0.3, 0.4) is 0 Å². The van der Waals surface area contributed by atoms with E-state index in [0.717, 1.165) is 0 Å². The van der Waals surface area contributed by atoms with Gasteiger partial charge in [-0.2, -0.15) is 0 Å². The first-order valence-corrected chi connectivity index (χ1v) is 18.9. The lowest BCUT2D eigenvalue weighted by molar-refractivity contribution is -0.146. The molecule has 0 N–H and O–H groups in total. The van der Waals surface area contributed by atoms with Gasteiger partial charge in [-0.15, -0.1) is 0 Å². The summed E-state index contributed by atoms with van der Waals surface area (Å²) in [7, 11) is -2.06. The fraction of sp³-hybridized carbons (Fsp3) is 0.400. The van der Waals surface area contributed by atoms with E-state index >= 15 is 0 Å². The van der Waals surface area contributed by atoms with Crippen molar-refractivity contribution in [3.63, 3.8) is 0 Å². The highest BCUT2D eigenvalue weighted by Crippen LogP contribution is 2.16. The molecule has 0 amide bonds. The van der Waals surface area contributed by atoms with Crippen LogP contribution < -0.4 is 4.74 Å². The highest BCUT2D eigenvalue weighted by Gasteiger charge is 2.33. The Morgan fingerprint density at radius 2 is 1.69 bits per heavy atom. The SMILES string of the molecule is CCOC(=O)C(=Cc1ccc(OCC=C[Si](OC)(O[SiH3])[SiH2]O[SiH](C)C)cc1)C(=O)OCC. The minimum atomic E-state index is -2.35. The Labute approximate surface area is 198 Å². The van der Waals surface area contributed by atoms with Gasteiger partial charge in [0.2, 0.25) is 9.28 Å². The van der Waals surface area contributed by atoms with Gasteiger partial charge < -0.3 is 26.9 Å². The molecule has 0 aliphatic heterocycles. The van der Waals surface area contributed by atoms with Crippen LogP contribution in [-0.4, -0.2) is 75.8 Å². The standard InChI is InChI=1S/C20H34O8Si4/c1-6-24-19(21)18(20(22)25-7-2)15-16-9-11-17(12-10-16)26-13-8-14-32(23-3,27-29)30-28-31(4)5/h8-12,14-15,31H,6-7,13,30H2,1-5,29H3. The van der Waals surface area contributed by atoms with E-state index in [1.165, 1.54) is 6.08 Å². The van der Waals surface area contributed by atoms with Gasteiger partial charge in [-0.25, -0.2) is 9.59 Å². The van der Waals surface area contributed by atoms with Gasteiger partial charge in [0, 0.05) is 7.11 Å². The van der Waals surface area contributed by atoms with Crippen LogP contribution >= 0.6 is 0 Å². The molecule has 12 heteroatoms. The van der Waals surface area contributed by atoms with Crippen molar-refractivity contribution < 1.29 is 36.5 Å². The first kappa shape index (κ1) is 28.2. The molecule has 1 unspecified atom stereocenters. The Balaban J connectivity index is 2.80. The van der Waals surface area contributed by atoms with Crippen molar-refractivity contribution in [3.05, 3.63) is 47.2 Å². The second-order valence-electron chi connectivity index (χ2n) is 6.86. The zero-order valence-corrected chi connectivity index (χ0v) is 25.3. The third kappa shape index (κ3) is 9.77. The van der Waals surface area contributed by atoms with Crippen LogP contribution in [0.1, 0.15) is 19.4 Å². The molecule has 0 aliphatic carbocycles. The topological polar surface area (TPSA) is 89.5 Å². The zero-order valence-electron chi connectivity index (χ0n) is 19.7. The molecule has 178 valence electrons. The second kappa shape index (κ2) is 15.1. The zero-order chi connectivity index (χ0) is 24.0. The Kier molecular flexibility index (Phi) is 13.3. The molecule has 0 aliphatic rings. The van der Waals surface area contributed by atoms with Crippen LogP contribution in [0.15, 0.2) is 41.6 Å². The van der Waals surface area contributed by atoms with E-state index in [0.29, 0.717) is 28.4 Å². The molecular formula is C20H34O8Si4. The molecule has 1 atom stereocenters. The van der Waals surface area contributed by atoms with E-state index in [1.807, 2.05) is 11.8 Å². The van der Waals surface area contributed by atoms with Crippen LogP contribution in [0.4, 0.5) is 0 Å². The smallest absolute Gasteiger partial charge is 0.354 e. The normalized spacial score (nSPS) is 13.4. The Bertz CT molecular complexity index is 756. The monoisotopic (exact) mass is 514 g/mol. The maximum atomic E-state index is 12.1. The van der Waals surface area contributed by atoms with Gasteiger partial charge in [-0.1, -0.05) is 18.2 Å². The van der Waals surface area contributed by atoms with E-state index in [1.54, 1.807) is 45.2 Å². The molecule has 0 aromatic heterocycles. The van der Waals surface area contributed by atoms with Gasteiger partial charge in [0.25, 0.3) is 0 Å². The van der Waals surface area contributed by atoms with Crippen molar-refractivity contribution in [1.29, 1.82) is 0 Å². The summed E-state index contributed by atoms with van der Waals surface area (Å²) in [4.78, 5) is 24.2. The van der Waals surface area contributed by atoms with Crippen LogP contribution in [0.25, 0.3) is 6.08 Å². The molecule has 8 nitrogen and oxygen atoms in total. The van der Waals surface area contributed by atoms with Gasteiger partial charge in [-0.3, -0.25) is 0 Å². The molecular weight excluding hydrogens is 481 g/mol. The van der Waals surface area contributed by atoms with E-state index in [-0.39, 0.29) is 18.8 Å². The lowest BCUT2D eigenvalue weighted by atomic mass is 10.1. The lowest BCUT2D eigenvalue weighted by Gasteiger charge is -2.25. The van der Waals surface area contributed by atoms with Gasteiger partial charge in [0.05, 0.1) is 13.2 Å². The average Bonchev–Trinajstić information content (AvgIpc) is 2.78. The summed E-state index contributed by atoms with van der Waals surface area (Å²) in [5, 5.41) is 0. The summed E-state index contributed by atoms with van der Waals surface area (Å²) in [5.41, 5.74) is 2.51. The van der Waals surface area contributed by atoms with Gasteiger partial charge in [0.15, 0.2) is 9.04 Å². The summed E-state index contributed by atoms with van der Waals surface area (Å²) >= 11 is 0. The summed E-state index contributed by atoms with van der Waals surface area (Å²) in [6, 6.07) is 7.03. The summed E-state index contributed by atoms with van der Waals surface area (Å²) < 4.78 is 33.1. The Morgan fingerprint density at radius 1 is 1.09 bits per heavy atom. The number of esters is 2. The third-order valence-corrected chi connectivity index (χ3v) is 19.0. The van der Waals surface area contributed by atoms with E-state index in [2.05, 4.69) is 13.1 Å². The Morgan fingerprint density at radius 3 is 2.16 bits per heavy atom. The van der Waals surface area contributed by atoms with Crippen molar-refractivity contribution in [2.75, 3.05) is 26.9 Å². The maximum absolute atomic E-state index is 12.1. The van der Waals surface area contributed by atoms with Gasteiger partial charge >= 0.3 is 20.0 Å². The predicted octanol–water partition coefficient (Wildman–Crippen LogP) is 0.637. The van der Waals surface area contributed by atoms with Crippen LogP contribution in [0.5, 0.6) is 5.75 Å². The summed E-state index contributed by atoms with van der Waals surface area (Å²) in [6.45, 7) is 8.34. The Hall–Kier alpha value is -1.81. The number of ether oxygens (including phenoxy) is 3. The molecule has 0 radical (unpaired) electrons. The first-order valence-electron chi connectivity index (χ1n) is 10.5. The van der Waals surface area contributed by atoms with Crippen molar-refractivity contribution >= 4 is 54.9 Å². The molecule has 0 saturated carbocycles. The molecule has 0 saturated heterocycles. The van der Waals surface area contributed by atoms with Crippen molar-refractivity contribution in [2.24, 2.45) is 0 Å². The number of rotatable bonds is 14.